The molecule has 120 valence electrons. The molecule has 4 heteroatoms. The Labute approximate surface area is 137 Å². The van der Waals surface area contributed by atoms with Crippen LogP contribution in [0.4, 0.5) is 11.4 Å². The van der Waals surface area contributed by atoms with Crippen LogP contribution < -0.4 is 10.2 Å². The smallest absolute Gasteiger partial charge is 0.255 e. The van der Waals surface area contributed by atoms with E-state index in [0.29, 0.717) is 5.56 Å². The average molecular weight is 310 g/mol. The summed E-state index contributed by atoms with van der Waals surface area (Å²) in [6, 6.07) is 13.8. The molecule has 4 nitrogen and oxygen atoms in total. The lowest BCUT2D eigenvalue weighted by Crippen LogP contribution is -2.36. The van der Waals surface area contributed by atoms with Gasteiger partial charge in [-0.2, -0.15) is 0 Å². The van der Waals surface area contributed by atoms with Crippen molar-refractivity contribution in [2.24, 2.45) is 0 Å². The zero-order chi connectivity index (χ0) is 16.2. The van der Waals surface area contributed by atoms with Gasteiger partial charge in [-0.1, -0.05) is 24.3 Å². The molecule has 0 atom stereocenters. The predicted octanol–water partition coefficient (Wildman–Crippen LogP) is 3.39. The van der Waals surface area contributed by atoms with E-state index in [0.717, 1.165) is 48.8 Å². The van der Waals surface area contributed by atoms with Gasteiger partial charge in [-0.15, -0.1) is 0 Å². The number of hydrogen-bond donors (Lipinski definition) is 1. The average Bonchev–Trinajstić information content (AvgIpc) is 2.58. The molecule has 0 saturated carbocycles. The van der Waals surface area contributed by atoms with Crippen LogP contribution in [0.1, 0.15) is 21.5 Å². The van der Waals surface area contributed by atoms with Crippen molar-refractivity contribution in [3.63, 3.8) is 0 Å². The molecule has 0 aliphatic carbocycles. The second-order valence-electron chi connectivity index (χ2n) is 5.87. The molecule has 0 spiro atoms. The minimum Gasteiger partial charge on any atom is -0.378 e. The lowest BCUT2D eigenvalue weighted by molar-refractivity contribution is 0.102. The van der Waals surface area contributed by atoms with Gasteiger partial charge in [0, 0.05) is 30.0 Å². The van der Waals surface area contributed by atoms with Crippen LogP contribution in [0.15, 0.2) is 42.5 Å². The predicted molar refractivity (Wildman–Crippen MR) is 93.3 cm³/mol. The molecule has 0 radical (unpaired) electrons. The molecule has 23 heavy (non-hydrogen) atoms. The highest BCUT2D eigenvalue weighted by Gasteiger charge is 2.14. The number of hydrogen-bond acceptors (Lipinski definition) is 3. The summed E-state index contributed by atoms with van der Waals surface area (Å²) in [4.78, 5) is 14.8. The summed E-state index contributed by atoms with van der Waals surface area (Å²) < 4.78 is 5.40. The van der Waals surface area contributed by atoms with E-state index in [-0.39, 0.29) is 5.91 Å². The van der Waals surface area contributed by atoms with E-state index < -0.39 is 0 Å². The standard InChI is InChI=1S/C19H22N2O2/c1-14-5-3-4-6-17(14)19(22)20-18-13-16(8-7-15(18)2)21-9-11-23-12-10-21/h3-8,13H,9-12H2,1-2H3,(H,20,22). The summed E-state index contributed by atoms with van der Waals surface area (Å²) >= 11 is 0. The van der Waals surface area contributed by atoms with Gasteiger partial charge in [0.2, 0.25) is 0 Å². The molecule has 1 saturated heterocycles. The summed E-state index contributed by atoms with van der Waals surface area (Å²) in [5.41, 5.74) is 4.74. The number of morpholine rings is 1. The minimum absolute atomic E-state index is 0.0645. The normalized spacial score (nSPS) is 14.6. The number of ether oxygens (including phenoxy) is 1. The fourth-order valence-corrected chi connectivity index (χ4v) is 2.78. The number of amides is 1. The first-order valence-corrected chi connectivity index (χ1v) is 7.95. The quantitative estimate of drug-likeness (QED) is 0.945. The number of rotatable bonds is 3. The Hall–Kier alpha value is -2.33. The van der Waals surface area contributed by atoms with Crippen molar-refractivity contribution >= 4 is 17.3 Å². The van der Waals surface area contributed by atoms with Crippen molar-refractivity contribution < 1.29 is 9.53 Å². The largest absolute Gasteiger partial charge is 0.378 e. The molecule has 1 aliphatic rings. The molecular weight excluding hydrogens is 288 g/mol. The van der Waals surface area contributed by atoms with Crippen molar-refractivity contribution in [1.82, 2.24) is 0 Å². The molecule has 3 rings (SSSR count). The Kier molecular flexibility index (Phi) is 4.63. The molecule has 1 N–H and O–H groups in total. The van der Waals surface area contributed by atoms with E-state index in [2.05, 4.69) is 28.4 Å². The van der Waals surface area contributed by atoms with Crippen molar-refractivity contribution in [3.05, 3.63) is 59.2 Å². The van der Waals surface area contributed by atoms with Crippen molar-refractivity contribution in [2.45, 2.75) is 13.8 Å². The molecule has 0 bridgehead atoms. The molecule has 1 fully saturated rings. The number of nitrogens with one attached hydrogen (secondary N) is 1. The van der Waals surface area contributed by atoms with Crippen molar-refractivity contribution in [3.8, 4) is 0 Å². The first-order valence-electron chi connectivity index (χ1n) is 7.95. The summed E-state index contributed by atoms with van der Waals surface area (Å²) in [6.45, 7) is 7.22. The third kappa shape index (κ3) is 3.54. The molecule has 0 unspecified atom stereocenters. The lowest BCUT2D eigenvalue weighted by Gasteiger charge is -2.29. The molecule has 2 aromatic rings. The maximum atomic E-state index is 12.5. The number of carbonyl (C=O) groups excluding carboxylic acids is 1. The van der Waals surface area contributed by atoms with Crippen molar-refractivity contribution in [2.75, 3.05) is 36.5 Å². The first kappa shape index (κ1) is 15.6. The Morgan fingerprint density at radius 2 is 1.78 bits per heavy atom. The van der Waals surface area contributed by atoms with Gasteiger partial charge in [0.25, 0.3) is 5.91 Å². The van der Waals surface area contributed by atoms with Gasteiger partial charge in [-0.05, 0) is 43.2 Å². The van der Waals surface area contributed by atoms with E-state index in [1.165, 1.54) is 0 Å². The highest BCUT2D eigenvalue weighted by Crippen LogP contribution is 2.25. The zero-order valence-corrected chi connectivity index (χ0v) is 13.6. The number of benzene rings is 2. The van der Waals surface area contributed by atoms with Gasteiger partial charge < -0.3 is 15.0 Å². The Balaban J connectivity index is 1.82. The molecule has 1 aliphatic heterocycles. The highest BCUT2D eigenvalue weighted by molar-refractivity contribution is 6.05. The van der Waals surface area contributed by atoms with Crippen LogP contribution in [-0.4, -0.2) is 32.2 Å². The number of carbonyl (C=O) groups is 1. The highest BCUT2D eigenvalue weighted by atomic mass is 16.5. The summed E-state index contributed by atoms with van der Waals surface area (Å²) in [7, 11) is 0. The minimum atomic E-state index is -0.0645. The topological polar surface area (TPSA) is 41.6 Å². The monoisotopic (exact) mass is 310 g/mol. The Morgan fingerprint density at radius 3 is 2.52 bits per heavy atom. The SMILES string of the molecule is Cc1ccc(N2CCOCC2)cc1NC(=O)c1ccccc1C. The molecule has 0 aromatic heterocycles. The third-order valence-electron chi connectivity index (χ3n) is 4.24. The first-order chi connectivity index (χ1) is 11.1. The molecule has 1 amide bonds. The van der Waals surface area contributed by atoms with E-state index in [1.54, 1.807) is 0 Å². The van der Waals surface area contributed by atoms with E-state index in [9.17, 15) is 4.79 Å². The number of nitrogens with zero attached hydrogens (tertiary/aromatic N) is 1. The van der Waals surface area contributed by atoms with E-state index in [4.69, 9.17) is 4.74 Å². The third-order valence-corrected chi connectivity index (χ3v) is 4.24. The maximum Gasteiger partial charge on any atom is 0.255 e. The summed E-state index contributed by atoms with van der Waals surface area (Å²) in [5, 5.41) is 3.05. The van der Waals surface area contributed by atoms with Gasteiger partial charge in [0.15, 0.2) is 0 Å². The van der Waals surface area contributed by atoms with Crippen LogP contribution in [0.2, 0.25) is 0 Å². The lowest BCUT2D eigenvalue weighted by atomic mass is 10.1. The van der Waals surface area contributed by atoms with Gasteiger partial charge in [-0.3, -0.25) is 4.79 Å². The Bertz CT molecular complexity index is 706. The van der Waals surface area contributed by atoms with Gasteiger partial charge >= 0.3 is 0 Å². The Morgan fingerprint density at radius 1 is 1.04 bits per heavy atom. The number of aryl methyl sites for hydroxylation is 2. The molecule has 2 aromatic carbocycles. The number of anilines is 2. The van der Waals surface area contributed by atoms with E-state index >= 15 is 0 Å². The fourth-order valence-electron chi connectivity index (χ4n) is 2.78. The van der Waals surface area contributed by atoms with Crippen LogP contribution in [0.5, 0.6) is 0 Å². The van der Waals surface area contributed by atoms with Crippen LogP contribution >= 0.6 is 0 Å². The van der Waals surface area contributed by atoms with Crippen molar-refractivity contribution in [1.29, 1.82) is 0 Å². The van der Waals surface area contributed by atoms with Gasteiger partial charge in [-0.25, -0.2) is 0 Å². The molecule has 1 heterocycles. The van der Waals surface area contributed by atoms with Crippen LogP contribution in [0.3, 0.4) is 0 Å². The van der Waals surface area contributed by atoms with Crippen LogP contribution in [-0.2, 0) is 4.74 Å². The van der Waals surface area contributed by atoms with E-state index in [1.807, 2.05) is 38.1 Å². The fraction of sp³-hybridized carbons (Fsp3) is 0.316. The summed E-state index contributed by atoms with van der Waals surface area (Å²) in [6.07, 6.45) is 0. The van der Waals surface area contributed by atoms with Gasteiger partial charge in [0.05, 0.1) is 13.2 Å². The van der Waals surface area contributed by atoms with Gasteiger partial charge in [0.1, 0.15) is 0 Å². The second kappa shape index (κ2) is 6.84. The molecular formula is C19H22N2O2. The second-order valence-corrected chi connectivity index (χ2v) is 5.87. The van der Waals surface area contributed by atoms with Crippen LogP contribution in [0.25, 0.3) is 0 Å². The van der Waals surface area contributed by atoms with Crippen LogP contribution in [0, 0.1) is 13.8 Å². The summed E-state index contributed by atoms with van der Waals surface area (Å²) in [5.74, 6) is -0.0645. The zero-order valence-electron chi connectivity index (χ0n) is 13.6. The maximum absolute atomic E-state index is 12.5.